The average molecular weight is 480 g/mol. The number of hydrogen-bond acceptors (Lipinski definition) is 5. The van der Waals surface area contributed by atoms with Gasteiger partial charge in [-0.05, 0) is 70.7 Å². The summed E-state index contributed by atoms with van der Waals surface area (Å²) in [4.78, 5) is 14.6. The van der Waals surface area contributed by atoms with E-state index in [2.05, 4.69) is 14.9 Å². The van der Waals surface area contributed by atoms with Gasteiger partial charge in [0.25, 0.3) is 0 Å². The summed E-state index contributed by atoms with van der Waals surface area (Å²) in [6, 6.07) is 7.31. The van der Waals surface area contributed by atoms with Gasteiger partial charge in [0.15, 0.2) is 0 Å². The molecule has 1 saturated heterocycles. The van der Waals surface area contributed by atoms with Gasteiger partial charge in [-0.1, -0.05) is 38.5 Å². The molecule has 0 unspecified atom stereocenters. The molecule has 0 aromatic heterocycles. The Hall–Kier alpha value is -1.80. The van der Waals surface area contributed by atoms with E-state index in [0.717, 1.165) is 57.3 Å². The number of carbonyl (C=O) groups is 1. The Balaban J connectivity index is 1.52. The van der Waals surface area contributed by atoms with E-state index in [0.29, 0.717) is 4.90 Å². The molecule has 8 heteroatoms. The summed E-state index contributed by atoms with van der Waals surface area (Å²) in [7, 11) is -3.51. The lowest BCUT2D eigenvalue weighted by atomic mass is 10.0. The van der Waals surface area contributed by atoms with E-state index in [-0.39, 0.29) is 18.2 Å². The highest BCUT2D eigenvalue weighted by Gasteiger charge is 2.25. The summed E-state index contributed by atoms with van der Waals surface area (Å²) in [6.07, 6.45) is 10.2. The van der Waals surface area contributed by atoms with Crippen LogP contribution in [0.2, 0.25) is 0 Å². The van der Waals surface area contributed by atoms with E-state index >= 15 is 0 Å². The predicted octanol–water partition coefficient (Wildman–Crippen LogP) is 4.96. The lowest BCUT2D eigenvalue weighted by Crippen LogP contribution is -2.46. The normalized spacial score (nSPS) is 19.9. The third-order valence-electron chi connectivity index (χ3n) is 6.40. The van der Waals surface area contributed by atoms with Gasteiger partial charge in [-0.15, -0.1) is 0 Å². The number of piperidine rings is 1. The number of anilines is 1. The second-order valence-electron chi connectivity index (χ2n) is 10.4. The number of benzene rings is 1. The van der Waals surface area contributed by atoms with E-state index < -0.39 is 15.6 Å². The fourth-order valence-electron chi connectivity index (χ4n) is 4.63. The molecule has 0 atom stereocenters. The Kier molecular flexibility index (Phi) is 9.04. The molecule has 0 spiro atoms. The van der Waals surface area contributed by atoms with E-state index in [9.17, 15) is 13.2 Å². The molecule has 1 amide bonds. The quantitative estimate of drug-likeness (QED) is 0.623. The van der Waals surface area contributed by atoms with Crippen molar-refractivity contribution >= 4 is 21.8 Å². The van der Waals surface area contributed by atoms with Crippen LogP contribution >= 0.6 is 0 Å². The molecule has 1 aromatic rings. The Morgan fingerprint density at radius 2 is 1.42 bits per heavy atom. The molecule has 0 bridgehead atoms. The standard InChI is InChI=1S/C25H41N3O4S/c1-25(2,3)32-24(29)26-20-16-18-28(19-17-20)22-12-14-23(15-13-22)33(30,31)27-21-10-8-6-4-5-7-9-11-21/h12-15,20-21,27H,4-11,16-19H2,1-3H3,(H,26,29). The van der Waals surface area contributed by atoms with Crippen LogP contribution in [-0.4, -0.2) is 45.3 Å². The van der Waals surface area contributed by atoms with E-state index in [1.54, 1.807) is 12.1 Å². The first-order chi connectivity index (χ1) is 15.6. The predicted molar refractivity (Wildman–Crippen MR) is 132 cm³/mol. The maximum absolute atomic E-state index is 12.9. The molecule has 1 aliphatic carbocycles. The minimum atomic E-state index is -3.51. The van der Waals surface area contributed by atoms with Crippen LogP contribution in [0.1, 0.15) is 85.0 Å². The average Bonchev–Trinajstić information content (AvgIpc) is 2.87. The molecular weight excluding hydrogens is 438 g/mol. The van der Waals surface area contributed by atoms with Gasteiger partial charge >= 0.3 is 6.09 Å². The van der Waals surface area contributed by atoms with Crippen molar-refractivity contribution < 1.29 is 17.9 Å². The van der Waals surface area contributed by atoms with Crippen LogP contribution in [0.15, 0.2) is 29.2 Å². The van der Waals surface area contributed by atoms with Crippen molar-refractivity contribution in [1.29, 1.82) is 0 Å². The summed E-state index contributed by atoms with van der Waals surface area (Å²) in [5.41, 5.74) is 0.503. The maximum Gasteiger partial charge on any atom is 0.407 e. The first kappa shape index (κ1) is 25.8. The summed E-state index contributed by atoms with van der Waals surface area (Å²) >= 11 is 0. The second kappa shape index (κ2) is 11.6. The molecule has 2 fully saturated rings. The number of amides is 1. The Bertz CT molecular complexity index is 847. The fourth-order valence-corrected chi connectivity index (χ4v) is 5.94. The smallest absolute Gasteiger partial charge is 0.407 e. The first-order valence-electron chi connectivity index (χ1n) is 12.5. The minimum Gasteiger partial charge on any atom is -0.444 e. The molecule has 2 aliphatic rings. The van der Waals surface area contributed by atoms with Crippen LogP contribution in [0.25, 0.3) is 0 Å². The SMILES string of the molecule is CC(C)(C)OC(=O)NC1CCN(c2ccc(S(=O)(=O)NC3CCCCCCCC3)cc2)CC1. The molecule has 0 radical (unpaired) electrons. The highest BCUT2D eigenvalue weighted by molar-refractivity contribution is 7.89. The lowest BCUT2D eigenvalue weighted by molar-refractivity contribution is 0.0497. The minimum absolute atomic E-state index is 0.0317. The van der Waals surface area contributed by atoms with Crippen LogP contribution in [0, 0.1) is 0 Å². The molecule has 2 N–H and O–H groups in total. The van der Waals surface area contributed by atoms with Crippen molar-refractivity contribution in [2.45, 2.75) is 108 Å². The van der Waals surface area contributed by atoms with Gasteiger partial charge in [0.1, 0.15) is 5.60 Å². The lowest BCUT2D eigenvalue weighted by Gasteiger charge is -2.34. The fraction of sp³-hybridized carbons (Fsp3) is 0.720. The molecule has 1 aliphatic heterocycles. The summed E-state index contributed by atoms with van der Waals surface area (Å²) < 4.78 is 34.2. The highest BCUT2D eigenvalue weighted by atomic mass is 32.2. The largest absolute Gasteiger partial charge is 0.444 e. The number of nitrogens with one attached hydrogen (secondary N) is 2. The van der Waals surface area contributed by atoms with Crippen LogP contribution in [0.5, 0.6) is 0 Å². The van der Waals surface area contributed by atoms with Gasteiger partial charge in [0.2, 0.25) is 10.0 Å². The van der Waals surface area contributed by atoms with Gasteiger partial charge < -0.3 is 15.0 Å². The van der Waals surface area contributed by atoms with Crippen molar-refractivity contribution in [3.8, 4) is 0 Å². The van der Waals surface area contributed by atoms with Crippen molar-refractivity contribution in [2.24, 2.45) is 0 Å². The number of hydrogen-bond donors (Lipinski definition) is 2. The number of nitrogens with zero attached hydrogens (tertiary/aromatic N) is 1. The van der Waals surface area contributed by atoms with Crippen molar-refractivity contribution in [3.63, 3.8) is 0 Å². The first-order valence-corrected chi connectivity index (χ1v) is 14.0. The Morgan fingerprint density at radius 3 is 1.97 bits per heavy atom. The van der Waals surface area contributed by atoms with Crippen molar-refractivity contribution in [3.05, 3.63) is 24.3 Å². The second-order valence-corrected chi connectivity index (χ2v) is 12.1. The van der Waals surface area contributed by atoms with Crippen molar-refractivity contribution in [2.75, 3.05) is 18.0 Å². The topological polar surface area (TPSA) is 87.7 Å². The molecular formula is C25H41N3O4S. The van der Waals surface area contributed by atoms with Crippen LogP contribution in [0.4, 0.5) is 10.5 Å². The molecule has 186 valence electrons. The van der Waals surface area contributed by atoms with Crippen LogP contribution in [0.3, 0.4) is 0 Å². The third kappa shape index (κ3) is 8.49. The Labute approximate surface area is 199 Å². The van der Waals surface area contributed by atoms with Gasteiger partial charge in [0.05, 0.1) is 4.90 Å². The summed E-state index contributed by atoms with van der Waals surface area (Å²) in [6.45, 7) is 7.16. The summed E-state index contributed by atoms with van der Waals surface area (Å²) in [5.74, 6) is 0. The van der Waals surface area contributed by atoms with Gasteiger partial charge in [-0.2, -0.15) is 0 Å². The molecule has 33 heavy (non-hydrogen) atoms. The van der Waals surface area contributed by atoms with Crippen LogP contribution in [-0.2, 0) is 14.8 Å². The van der Waals surface area contributed by atoms with Gasteiger partial charge in [-0.25, -0.2) is 17.9 Å². The zero-order chi connectivity index (χ0) is 23.9. The van der Waals surface area contributed by atoms with Gasteiger partial charge in [-0.3, -0.25) is 0 Å². The number of rotatable bonds is 5. The maximum atomic E-state index is 12.9. The van der Waals surface area contributed by atoms with E-state index in [1.807, 2.05) is 32.9 Å². The van der Waals surface area contributed by atoms with Crippen LogP contribution < -0.4 is 14.9 Å². The number of ether oxygens (including phenoxy) is 1. The molecule has 3 rings (SSSR count). The number of alkyl carbamates (subject to hydrolysis) is 1. The summed E-state index contributed by atoms with van der Waals surface area (Å²) in [5, 5.41) is 2.95. The number of carbonyl (C=O) groups excluding carboxylic acids is 1. The zero-order valence-electron chi connectivity index (χ0n) is 20.4. The zero-order valence-corrected chi connectivity index (χ0v) is 21.3. The third-order valence-corrected chi connectivity index (χ3v) is 7.94. The Morgan fingerprint density at radius 1 is 0.879 bits per heavy atom. The number of sulfonamides is 1. The van der Waals surface area contributed by atoms with Gasteiger partial charge in [0, 0.05) is 30.9 Å². The molecule has 1 heterocycles. The monoisotopic (exact) mass is 479 g/mol. The molecule has 1 aromatic carbocycles. The van der Waals surface area contributed by atoms with E-state index in [1.165, 1.54) is 25.7 Å². The molecule has 7 nitrogen and oxygen atoms in total. The van der Waals surface area contributed by atoms with Crippen molar-refractivity contribution in [1.82, 2.24) is 10.0 Å². The molecule has 1 saturated carbocycles. The highest BCUT2D eigenvalue weighted by Crippen LogP contribution is 2.24. The van der Waals surface area contributed by atoms with E-state index in [4.69, 9.17) is 4.74 Å².